The zero-order chi connectivity index (χ0) is 12.3. The van der Waals surface area contributed by atoms with E-state index in [-0.39, 0.29) is 6.04 Å². The molecule has 1 unspecified atom stereocenters. The second kappa shape index (κ2) is 5.01. The topological polar surface area (TPSA) is 61.3 Å². The summed E-state index contributed by atoms with van der Waals surface area (Å²) in [4.78, 5) is 4.12. The third kappa shape index (κ3) is 2.47. The number of ether oxygens (including phenoxy) is 1. The van der Waals surface area contributed by atoms with E-state index >= 15 is 0 Å². The third-order valence-corrected chi connectivity index (χ3v) is 2.59. The third-order valence-electron chi connectivity index (χ3n) is 2.59. The van der Waals surface area contributed by atoms with E-state index < -0.39 is 0 Å². The highest BCUT2D eigenvalue weighted by Gasteiger charge is 2.15. The first kappa shape index (κ1) is 11.7. The first-order chi connectivity index (χ1) is 8.22. The van der Waals surface area contributed by atoms with Crippen molar-refractivity contribution in [2.45, 2.75) is 19.9 Å². The molecule has 4 nitrogen and oxygen atoms in total. The fraction of sp³-hybridized carbons (Fsp3) is 0.308. The molecule has 1 atom stereocenters. The van der Waals surface area contributed by atoms with Gasteiger partial charge in [0.2, 0.25) is 0 Å². The maximum Gasteiger partial charge on any atom is 0.137 e. The lowest BCUT2D eigenvalue weighted by molar-refractivity contribution is 0.338. The second-order valence-corrected chi connectivity index (χ2v) is 3.83. The van der Waals surface area contributed by atoms with Crippen molar-refractivity contribution < 1.29 is 9.15 Å². The van der Waals surface area contributed by atoms with Crippen LogP contribution in [-0.4, -0.2) is 11.6 Å². The Kier molecular flexibility index (Phi) is 3.44. The summed E-state index contributed by atoms with van der Waals surface area (Å²) in [5, 5.41) is 0. The van der Waals surface area contributed by atoms with Gasteiger partial charge in [-0.2, -0.15) is 0 Å². The SMILES string of the molecule is CCOc1cncc(C(N)c2occc2C)c1. The van der Waals surface area contributed by atoms with Crippen LogP contribution in [0.5, 0.6) is 5.75 Å². The van der Waals surface area contributed by atoms with Crippen LogP contribution in [0.3, 0.4) is 0 Å². The largest absolute Gasteiger partial charge is 0.492 e. The number of aryl methyl sites for hydroxylation is 1. The van der Waals surface area contributed by atoms with Crippen LogP contribution in [0.4, 0.5) is 0 Å². The monoisotopic (exact) mass is 232 g/mol. The van der Waals surface area contributed by atoms with Gasteiger partial charge in [0.25, 0.3) is 0 Å². The summed E-state index contributed by atoms with van der Waals surface area (Å²) >= 11 is 0. The van der Waals surface area contributed by atoms with Crippen molar-refractivity contribution in [2.24, 2.45) is 5.73 Å². The fourth-order valence-corrected chi connectivity index (χ4v) is 1.71. The zero-order valence-corrected chi connectivity index (χ0v) is 10.0. The maximum atomic E-state index is 6.14. The predicted octanol–water partition coefficient (Wildman–Crippen LogP) is 2.43. The average molecular weight is 232 g/mol. The van der Waals surface area contributed by atoms with E-state index in [4.69, 9.17) is 14.9 Å². The smallest absolute Gasteiger partial charge is 0.137 e. The van der Waals surface area contributed by atoms with Gasteiger partial charge in [-0.25, -0.2) is 0 Å². The molecule has 0 spiro atoms. The number of aromatic nitrogens is 1. The van der Waals surface area contributed by atoms with Gasteiger partial charge in [-0.1, -0.05) is 0 Å². The summed E-state index contributed by atoms with van der Waals surface area (Å²) in [6.45, 7) is 4.52. The number of hydrogen-bond donors (Lipinski definition) is 1. The first-order valence-corrected chi connectivity index (χ1v) is 5.59. The molecule has 90 valence electrons. The van der Waals surface area contributed by atoms with Crippen molar-refractivity contribution >= 4 is 0 Å². The van der Waals surface area contributed by atoms with Crippen LogP contribution in [0.25, 0.3) is 0 Å². The van der Waals surface area contributed by atoms with Crippen LogP contribution in [0.15, 0.2) is 35.2 Å². The molecule has 0 aliphatic carbocycles. The molecule has 2 aromatic heterocycles. The van der Waals surface area contributed by atoms with E-state index in [1.54, 1.807) is 18.7 Å². The summed E-state index contributed by atoms with van der Waals surface area (Å²) in [5.74, 6) is 1.49. The molecule has 2 aromatic rings. The standard InChI is InChI=1S/C13H16N2O2/c1-3-16-11-6-10(7-15-8-11)12(14)13-9(2)4-5-17-13/h4-8,12H,3,14H2,1-2H3. The van der Waals surface area contributed by atoms with Crippen LogP contribution in [0.2, 0.25) is 0 Å². The van der Waals surface area contributed by atoms with Crippen LogP contribution >= 0.6 is 0 Å². The molecule has 0 aromatic carbocycles. The lowest BCUT2D eigenvalue weighted by Gasteiger charge is -2.11. The molecule has 0 bridgehead atoms. The van der Waals surface area contributed by atoms with E-state index in [9.17, 15) is 0 Å². The van der Waals surface area contributed by atoms with Crippen molar-refractivity contribution in [3.8, 4) is 5.75 Å². The normalized spacial score (nSPS) is 12.4. The van der Waals surface area contributed by atoms with Gasteiger partial charge in [0.15, 0.2) is 0 Å². The molecule has 0 aliphatic heterocycles. The molecule has 0 aliphatic rings. The summed E-state index contributed by atoms with van der Waals surface area (Å²) < 4.78 is 10.8. The molecule has 0 saturated carbocycles. The fourth-order valence-electron chi connectivity index (χ4n) is 1.71. The molecule has 2 heterocycles. The lowest BCUT2D eigenvalue weighted by atomic mass is 10.1. The first-order valence-electron chi connectivity index (χ1n) is 5.59. The summed E-state index contributed by atoms with van der Waals surface area (Å²) in [6, 6.07) is 3.48. The predicted molar refractivity (Wildman–Crippen MR) is 64.9 cm³/mol. The van der Waals surface area contributed by atoms with Crippen molar-refractivity contribution in [1.29, 1.82) is 0 Å². The molecule has 0 radical (unpaired) electrons. The van der Waals surface area contributed by atoms with E-state index in [0.29, 0.717) is 6.61 Å². The number of furan rings is 1. The van der Waals surface area contributed by atoms with Gasteiger partial charge >= 0.3 is 0 Å². The van der Waals surface area contributed by atoms with Gasteiger partial charge < -0.3 is 14.9 Å². The molecular formula is C13H16N2O2. The highest BCUT2D eigenvalue weighted by atomic mass is 16.5. The zero-order valence-electron chi connectivity index (χ0n) is 10.0. The second-order valence-electron chi connectivity index (χ2n) is 3.83. The molecule has 0 amide bonds. The number of hydrogen-bond acceptors (Lipinski definition) is 4. The minimum absolute atomic E-state index is 0.307. The van der Waals surface area contributed by atoms with Crippen LogP contribution in [0.1, 0.15) is 29.9 Å². The number of pyridine rings is 1. The molecule has 4 heteroatoms. The van der Waals surface area contributed by atoms with Crippen LogP contribution in [-0.2, 0) is 0 Å². The van der Waals surface area contributed by atoms with Crippen LogP contribution < -0.4 is 10.5 Å². The lowest BCUT2D eigenvalue weighted by Crippen LogP contribution is -2.12. The van der Waals surface area contributed by atoms with Gasteiger partial charge in [-0.05, 0) is 37.1 Å². The Balaban J connectivity index is 2.28. The van der Waals surface area contributed by atoms with E-state index in [2.05, 4.69) is 4.98 Å². The van der Waals surface area contributed by atoms with Gasteiger partial charge in [0.05, 0.1) is 25.1 Å². The molecule has 17 heavy (non-hydrogen) atoms. The van der Waals surface area contributed by atoms with Gasteiger partial charge in [-0.15, -0.1) is 0 Å². The number of nitrogens with zero attached hydrogens (tertiary/aromatic N) is 1. The highest BCUT2D eigenvalue weighted by molar-refractivity contribution is 5.32. The minimum atomic E-state index is -0.307. The summed E-state index contributed by atoms with van der Waals surface area (Å²) in [6.07, 6.45) is 5.05. The minimum Gasteiger partial charge on any atom is -0.492 e. The Morgan fingerprint density at radius 3 is 2.94 bits per heavy atom. The van der Waals surface area contributed by atoms with Gasteiger partial charge in [0.1, 0.15) is 11.5 Å². The van der Waals surface area contributed by atoms with E-state index in [1.165, 1.54) is 0 Å². The van der Waals surface area contributed by atoms with Crippen molar-refractivity contribution in [1.82, 2.24) is 4.98 Å². The maximum absolute atomic E-state index is 6.14. The molecular weight excluding hydrogens is 216 g/mol. The average Bonchev–Trinajstić information content (AvgIpc) is 2.75. The molecule has 0 saturated heterocycles. The van der Waals surface area contributed by atoms with E-state index in [1.807, 2.05) is 26.0 Å². The number of rotatable bonds is 4. The number of nitrogens with two attached hydrogens (primary N) is 1. The van der Waals surface area contributed by atoms with Crippen molar-refractivity contribution in [3.05, 3.63) is 47.7 Å². The summed E-state index contributed by atoms with van der Waals surface area (Å²) in [5.41, 5.74) is 8.06. The molecule has 2 rings (SSSR count). The van der Waals surface area contributed by atoms with Crippen molar-refractivity contribution in [3.63, 3.8) is 0 Å². The summed E-state index contributed by atoms with van der Waals surface area (Å²) in [7, 11) is 0. The van der Waals surface area contributed by atoms with Gasteiger partial charge in [0, 0.05) is 6.20 Å². The molecule has 2 N–H and O–H groups in total. The Morgan fingerprint density at radius 2 is 2.29 bits per heavy atom. The highest BCUT2D eigenvalue weighted by Crippen LogP contribution is 2.25. The van der Waals surface area contributed by atoms with E-state index in [0.717, 1.165) is 22.6 Å². The van der Waals surface area contributed by atoms with Crippen molar-refractivity contribution in [2.75, 3.05) is 6.61 Å². The molecule has 0 fully saturated rings. The van der Waals surface area contributed by atoms with Crippen LogP contribution in [0, 0.1) is 6.92 Å². The van der Waals surface area contributed by atoms with Gasteiger partial charge in [-0.3, -0.25) is 4.98 Å². The Hall–Kier alpha value is -1.81. The quantitative estimate of drug-likeness (QED) is 0.879. The Morgan fingerprint density at radius 1 is 1.47 bits per heavy atom. The Labute approximate surface area is 100 Å². The Bertz CT molecular complexity index is 494.